The first-order valence-corrected chi connectivity index (χ1v) is 6.58. The van der Waals surface area contributed by atoms with Gasteiger partial charge < -0.3 is 5.11 Å². The van der Waals surface area contributed by atoms with E-state index in [0.29, 0.717) is 17.6 Å². The van der Waals surface area contributed by atoms with Crippen LogP contribution in [0.4, 0.5) is 8.78 Å². The zero-order chi connectivity index (χ0) is 15.0. The van der Waals surface area contributed by atoms with Gasteiger partial charge in [0.05, 0.1) is 5.56 Å². The number of aromatic carboxylic acids is 1. The van der Waals surface area contributed by atoms with Crippen molar-refractivity contribution in [2.75, 3.05) is 0 Å². The number of hydrogen-bond acceptors (Lipinski definition) is 1. The molecular formula is C17H12F2O2. The van der Waals surface area contributed by atoms with Crippen molar-refractivity contribution < 1.29 is 18.7 Å². The van der Waals surface area contributed by atoms with Gasteiger partial charge in [-0.3, -0.25) is 0 Å². The molecule has 0 saturated heterocycles. The SMILES string of the molecule is O=C(O)c1ccc2c(c1)C(c1cc(F)ccc1F)=CCC2. The van der Waals surface area contributed by atoms with Crippen molar-refractivity contribution in [1.82, 2.24) is 0 Å². The zero-order valence-corrected chi connectivity index (χ0v) is 11.1. The number of carboxylic acids is 1. The van der Waals surface area contributed by atoms with E-state index in [1.165, 1.54) is 12.1 Å². The Kier molecular flexibility index (Phi) is 3.29. The predicted molar refractivity (Wildman–Crippen MR) is 75.2 cm³/mol. The lowest BCUT2D eigenvalue weighted by Crippen LogP contribution is -2.06. The van der Waals surface area contributed by atoms with Gasteiger partial charge in [-0.15, -0.1) is 0 Å². The average molecular weight is 286 g/mol. The van der Waals surface area contributed by atoms with Gasteiger partial charge in [0.2, 0.25) is 0 Å². The number of halogens is 2. The summed E-state index contributed by atoms with van der Waals surface area (Å²) in [6.07, 6.45) is 3.30. The van der Waals surface area contributed by atoms with E-state index in [9.17, 15) is 13.6 Å². The number of benzene rings is 2. The molecule has 0 fully saturated rings. The monoisotopic (exact) mass is 286 g/mol. The number of carboxylic acid groups (broad SMARTS) is 1. The van der Waals surface area contributed by atoms with Crippen LogP contribution in [0.2, 0.25) is 0 Å². The lowest BCUT2D eigenvalue weighted by molar-refractivity contribution is 0.0697. The average Bonchev–Trinajstić information content (AvgIpc) is 2.48. The molecule has 3 rings (SSSR count). The van der Waals surface area contributed by atoms with E-state index in [4.69, 9.17) is 5.11 Å². The maximum atomic E-state index is 14.0. The minimum atomic E-state index is -1.04. The van der Waals surface area contributed by atoms with Crippen LogP contribution in [-0.4, -0.2) is 11.1 Å². The number of rotatable bonds is 2. The maximum absolute atomic E-state index is 14.0. The van der Waals surface area contributed by atoms with E-state index >= 15 is 0 Å². The largest absolute Gasteiger partial charge is 0.478 e. The lowest BCUT2D eigenvalue weighted by atomic mass is 9.85. The third kappa shape index (κ3) is 2.44. The molecule has 1 N–H and O–H groups in total. The number of fused-ring (bicyclic) bond motifs is 1. The topological polar surface area (TPSA) is 37.3 Å². The van der Waals surface area contributed by atoms with E-state index in [1.54, 1.807) is 6.07 Å². The molecule has 4 heteroatoms. The Hall–Kier alpha value is -2.49. The molecule has 0 unspecified atom stereocenters. The summed E-state index contributed by atoms with van der Waals surface area (Å²) in [5.41, 5.74) is 2.46. The molecule has 0 saturated carbocycles. The van der Waals surface area contributed by atoms with Crippen molar-refractivity contribution >= 4 is 11.5 Å². The van der Waals surface area contributed by atoms with Gasteiger partial charge in [0.15, 0.2) is 0 Å². The fourth-order valence-corrected chi connectivity index (χ4v) is 2.62. The molecule has 0 amide bonds. The van der Waals surface area contributed by atoms with Gasteiger partial charge in [0.25, 0.3) is 0 Å². The first kappa shape index (κ1) is 13.5. The predicted octanol–water partition coefficient (Wildman–Crippen LogP) is 4.04. The molecule has 0 aromatic heterocycles. The van der Waals surface area contributed by atoms with Gasteiger partial charge in [-0.1, -0.05) is 12.1 Å². The lowest BCUT2D eigenvalue weighted by Gasteiger charge is -2.19. The second-order valence-corrected chi connectivity index (χ2v) is 4.96. The van der Waals surface area contributed by atoms with Gasteiger partial charge >= 0.3 is 5.97 Å². The van der Waals surface area contributed by atoms with Gasteiger partial charge in [-0.25, -0.2) is 13.6 Å². The number of allylic oxidation sites excluding steroid dienone is 1. The molecule has 0 spiro atoms. The summed E-state index contributed by atoms with van der Waals surface area (Å²) in [4.78, 5) is 11.1. The Bertz CT molecular complexity index is 763. The summed E-state index contributed by atoms with van der Waals surface area (Å²) in [5, 5.41) is 9.09. The van der Waals surface area contributed by atoms with Crippen molar-refractivity contribution in [3.05, 3.63) is 76.4 Å². The summed E-state index contributed by atoms with van der Waals surface area (Å²) in [7, 11) is 0. The molecule has 2 aromatic rings. The van der Waals surface area contributed by atoms with Crippen LogP contribution in [0.25, 0.3) is 5.57 Å². The summed E-state index contributed by atoms with van der Waals surface area (Å²) >= 11 is 0. The van der Waals surface area contributed by atoms with Crippen LogP contribution in [0.1, 0.15) is 33.5 Å². The van der Waals surface area contributed by atoms with Crippen molar-refractivity contribution in [1.29, 1.82) is 0 Å². The third-order valence-electron chi connectivity index (χ3n) is 3.63. The molecule has 106 valence electrons. The molecule has 0 heterocycles. The van der Waals surface area contributed by atoms with Crippen LogP contribution in [-0.2, 0) is 6.42 Å². The minimum Gasteiger partial charge on any atom is -0.478 e. The highest BCUT2D eigenvalue weighted by atomic mass is 19.1. The maximum Gasteiger partial charge on any atom is 0.335 e. The zero-order valence-electron chi connectivity index (χ0n) is 11.1. The summed E-state index contributed by atoms with van der Waals surface area (Å²) < 4.78 is 27.4. The molecular weight excluding hydrogens is 274 g/mol. The second-order valence-electron chi connectivity index (χ2n) is 4.96. The first-order valence-electron chi connectivity index (χ1n) is 6.58. The van der Waals surface area contributed by atoms with Gasteiger partial charge in [0.1, 0.15) is 11.6 Å². The molecule has 0 aliphatic heterocycles. The van der Waals surface area contributed by atoms with Crippen molar-refractivity contribution in [2.45, 2.75) is 12.8 Å². The smallest absolute Gasteiger partial charge is 0.335 e. The van der Waals surface area contributed by atoms with Crippen molar-refractivity contribution in [2.24, 2.45) is 0 Å². The molecule has 0 bridgehead atoms. The van der Waals surface area contributed by atoms with Gasteiger partial charge in [-0.2, -0.15) is 0 Å². The Labute approximate surface area is 120 Å². The molecule has 0 radical (unpaired) electrons. The van der Waals surface area contributed by atoms with Crippen LogP contribution in [0.3, 0.4) is 0 Å². The Morgan fingerprint density at radius 1 is 1.05 bits per heavy atom. The van der Waals surface area contributed by atoms with Gasteiger partial charge in [0, 0.05) is 5.56 Å². The Morgan fingerprint density at radius 2 is 1.86 bits per heavy atom. The number of carbonyl (C=O) groups is 1. The van der Waals surface area contributed by atoms with E-state index in [-0.39, 0.29) is 11.1 Å². The standard InChI is InChI=1S/C17H12F2O2/c18-12-6-7-16(19)15(9-12)13-3-1-2-10-4-5-11(17(20)21)8-14(10)13/h3-9H,1-2H2,(H,20,21). The van der Waals surface area contributed by atoms with Crippen LogP contribution in [0.15, 0.2) is 42.5 Å². The highest BCUT2D eigenvalue weighted by molar-refractivity contribution is 5.91. The van der Waals surface area contributed by atoms with Crippen molar-refractivity contribution in [3.63, 3.8) is 0 Å². The first-order chi connectivity index (χ1) is 10.1. The second kappa shape index (κ2) is 5.13. The quantitative estimate of drug-likeness (QED) is 0.904. The minimum absolute atomic E-state index is 0.137. The highest BCUT2D eigenvalue weighted by Gasteiger charge is 2.19. The highest BCUT2D eigenvalue weighted by Crippen LogP contribution is 2.34. The summed E-state index contributed by atoms with van der Waals surface area (Å²) in [5.74, 6) is -2.08. The normalized spacial score (nSPS) is 13.5. The van der Waals surface area contributed by atoms with E-state index in [0.717, 1.165) is 30.2 Å². The third-order valence-corrected chi connectivity index (χ3v) is 3.63. The Balaban J connectivity index is 2.18. The van der Waals surface area contributed by atoms with Crippen LogP contribution >= 0.6 is 0 Å². The molecule has 1 aliphatic carbocycles. The van der Waals surface area contributed by atoms with Gasteiger partial charge in [-0.05, 0) is 59.9 Å². The number of hydrogen-bond donors (Lipinski definition) is 1. The van der Waals surface area contributed by atoms with Crippen molar-refractivity contribution in [3.8, 4) is 0 Å². The molecule has 21 heavy (non-hydrogen) atoms. The van der Waals surface area contributed by atoms with E-state index in [1.807, 2.05) is 6.08 Å². The Morgan fingerprint density at radius 3 is 2.62 bits per heavy atom. The van der Waals surface area contributed by atoms with Crippen LogP contribution in [0, 0.1) is 11.6 Å². The molecule has 2 aromatic carbocycles. The van der Waals surface area contributed by atoms with Crippen LogP contribution < -0.4 is 0 Å². The molecule has 2 nitrogen and oxygen atoms in total. The van der Waals surface area contributed by atoms with E-state index in [2.05, 4.69) is 0 Å². The summed E-state index contributed by atoms with van der Waals surface area (Å²) in [6.45, 7) is 0. The van der Waals surface area contributed by atoms with Crippen LogP contribution in [0.5, 0.6) is 0 Å². The molecule has 0 atom stereocenters. The molecule has 1 aliphatic rings. The fraction of sp³-hybridized carbons (Fsp3) is 0.118. The van der Waals surface area contributed by atoms with E-state index < -0.39 is 17.6 Å². The summed E-state index contributed by atoms with van der Waals surface area (Å²) in [6, 6.07) is 8.09. The fourth-order valence-electron chi connectivity index (χ4n) is 2.62. The number of aryl methyl sites for hydroxylation is 1.